The van der Waals surface area contributed by atoms with E-state index in [0.717, 1.165) is 25.9 Å². The smallest absolute Gasteiger partial charge is 0.0669 e. The quantitative estimate of drug-likeness (QED) is 0.751. The highest BCUT2D eigenvalue weighted by Crippen LogP contribution is 2.06. The third kappa shape index (κ3) is 5.01. The Bertz CT molecular complexity index is 362. The predicted molar refractivity (Wildman–Crippen MR) is 71.8 cm³/mol. The van der Waals surface area contributed by atoms with Crippen molar-refractivity contribution < 1.29 is 0 Å². The standard InChI is InChI=1S/C15H22N2/c1-4-14(11-16)12-17(3)10-9-15-7-5-13(2)6-8-15/h5-8,14H,4,9-10,12H2,1-3H3. The van der Waals surface area contributed by atoms with Crippen LogP contribution in [-0.2, 0) is 6.42 Å². The summed E-state index contributed by atoms with van der Waals surface area (Å²) in [7, 11) is 2.09. The highest BCUT2D eigenvalue weighted by atomic mass is 15.1. The molecule has 0 heterocycles. The summed E-state index contributed by atoms with van der Waals surface area (Å²) >= 11 is 0. The third-order valence-electron chi connectivity index (χ3n) is 3.11. The summed E-state index contributed by atoms with van der Waals surface area (Å²) in [6, 6.07) is 11.0. The van der Waals surface area contributed by atoms with E-state index >= 15 is 0 Å². The molecule has 92 valence electrons. The van der Waals surface area contributed by atoms with Crippen LogP contribution in [0.1, 0.15) is 24.5 Å². The Balaban J connectivity index is 2.35. The van der Waals surface area contributed by atoms with E-state index in [4.69, 9.17) is 5.26 Å². The molecule has 0 aliphatic heterocycles. The Labute approximate surface area is 105 Å². The second-order valence-electron chi connectivity index (χ2n) is 4.73. The molecule has 0 aliphatic rings. The van der Waals surface area contributed by atoms with E-state index in [1.165, 1.54) is 11.1 Å². The number of aryl methyl sites for hydroxylation is 1. The summed E-state index contributed by atoms with van der Waals surface area (Å²) in [5.41, 5.74) is 2.67. The molecular weight excluding hydrogens is 208 g/mol. The summed E-state index contributed by atoms with van der Waals surface area (Å²) < 4.78 is 0. The van der Waals surface area contributed by atoms with Gasteiger partial charge in [-0.1, -0.05) is 36.8 Å². The van der Waals surface area contributed by atoms with E-state index < -0.39 is 0 Å². The molecule has 0 radical (unpaired) electrons. The molecule has 1 aromatic rings. The fraction of sp³-hybridized carbons (Fsp3) is 0.533. The molecule has 0 bridgehead atoms. The van der Waals surface area contributed by atoms with Gasteiger partial charge < -0.3 is 4.90 Å². The highest BCUT2D eigenvalue weighted by Gasteiger charge is 2.08. The van der Waals surface area contributed by atoms with Gasteiger partial charge in [0.15, 0.2) is 0 Å². The van der Waals surface area contributed by atoms with Gasteiger partial charge in [-0.25, -0.2) is 0 Å². The van der Waals surface area contributed by atoms with Gasteiger partial charge >= 0.3 is 0 Å². The maximum absolute atomic E-state index is 8.91. The van der Waals surface area contributed by atoms with Crippen LogP contribution in [-0.4, -0.2) is 25.0 Å². The van der Waals surface area contributed by atoms with E-state index in [1.807, 2.05) is 0 Å². The van der Waals surface area contributed by atoms with Crippen LogP contribution in [0, 0.1) is 24.2 Å². The first-order valence-electron chi connectivity index (χ1n) is 6.29. The van der Waals surface area contributed by atoms with Crippen molar-refractivity contribution in [3.05, 3.63) is 35.4 Å². The normalized spacial score (nSPS) is 12.4. The van der Waals surface area contributed by atoms with Crippen molar-refractivity contribution in [2.45, 2.75) is 26.7 Å². The molecule has 0 fully saturated rings. The Hall–Kier alpha value is -1.33. The summed E-state index contributed by atoms with van der Waals surface area (Å²) in [5, 5.41) is 8.91. The van der Waals surface area contributed by atoms with Crippen molar-refractivity contribution in [1.29, 1.82) is 5.26 Å². The van der Waals surface area contributed by atoms with Crippen LogP contribution >= 0.6 is 0 Å². The molecule has 1 rings (SSSR count). The molecule has 0 aliphatic carbocycles. The molecular formula is C15H22N2. The second kappa shape index (κ2) is 7.09. The van der Waals surface area contributed by atoms with E-state index in [2.05, 4.69) is 56.1 Å². The van der Waals surface area contributed by atoms with Crippen molar-refractivity contribution in [3.63, 3.8) is 0 Å². The first kappa shape index (κ1) is 13.7. The van der Waals surface area contributed by atoms with Crippen molar-refractivity contribution in [2.24, 2.45) is 5.92 Å². The van der Waals surface area contributed by atoms with Crippen LogP contribution in [0.2, 0.25) is 0 Å². The van der Waals surface area contributed by atoms with Crippen LogP contribution in [0.3, 0.4) is 0 Å². The van der Waals surface area contributed by atoms with E-state index in [-0.39, 0.29) is 5.92 Å². The van der Waals surface area contributed by atoms with Crippen molar-refractivity contribution >= 4 is 0 Å². The Morgan fingerprint density at radius 2 is 1.94 bits per heavy atom. The average molecular weight is 230 g/mol. The van der Waals surface area contributed by atoms with Gasteiger partial charge in [0.2, 0.25) is 0 Å². The topological polar surface area (TPSA) is 27.0 Å². The van der Waals surface area contributed by atoms with Crippen molar-refractivity contribution in [3.8, 4) is 6.07 Å². The molecule has 0 amide bonds. The minimum absolute atomic E-state index is 0.165. The fourth-order valence-electron chi connectivity index (χ4n) is 1.80. The van der Waals surface area contributed by atoms with Gasteiger partial charge in [-0.3, -0.25) is 0 Å². The number of benzene rings is 1. The Morgan fingerprint density at radius 3 is 2.47 bits per heavy atom. The maximum atomic E-state index is 8.91. The van der Waals surface area contributed by atoms with Gasteiger partial charge in [0.1, 0.15) is 0 Å². The minimum Gasteiger partial charge on any atom is -0.305 e. The molecule has 17 heavy (non-hydrogen) atoms. The first-order chi connectivity index (χ1) is 8.15. The summed E-state index contributed by atoms with van der Waals surface area (Å²) in [4.78, 5) is 2.25. The summed E-state index contributed by atoms with van der Waals surface area (Å²) in [6.07, 6.45) is 1.99. The van der Waals surface area contributed by atoms with Crippen LogP contribution in [0.25, 0.3) is 0 Å². The Morgan fingerprint density at radius 1 is 1.29 bits per heavy atom. The van der Waals surface area contributed by atoms with E-state index in [1.54, 1.807) is 0 Å². The lowest BCUT2D eigenvalue weighted by atomic mass is 10.1. The summed E-state index contributed by atoms with van der Waals surface area (Å²) in [6.45, 7) is 6.07. The lowest BCUT2D eigenvalue weighted by Gasteiger charge is -2.18. The van der Waals surface area contributed by atoms with Gasteiger partial charge in [0, 0.05) is 13.1 Å². The number of hydrogen-bond acceptors (Lipinski definition) is 2. The first-order valence-corrected chi connectivity index (χ1v) is 6.29. The predicted octanol–water partition coefficient (Wildman–Crippen LogP) is 3.02. The highest BCUT2D eigenvalue weighted by molar-refractivity contribution is 5.21. The number of likely N-dealkylation sites (N-methyl/N-ethyl adjacent to an activating group) is 1. The van der Waals surface area contributed by atoms with Gasteiger partial charge in [0.25, 0.3) is 0 Å². The summed E-state index contributed by atoms with van der Waals surface area (Å²) in [5.74, 6) is 0.165. The zero-order chi connectivity index (χ0) is 12.7. The fourth-order valence-corrected chi connectivity index (χ4v) is 1.80. The minimum atomic E-state index is 0.165. The molecule has 0 N–H and O–H groups in total. The monoisotopic (exact) mass is 230 g/mol. The van der Waals surface area contributed by atoms with Crippen molar-refractivity contribution in [2.75, 3.05) is 20.1 Å². The van der Waals surface area contributed by atoms with Crippen LogP contribution in [0.4, 0.5) is 0 Å². The average Bonchev–Trinajstić information content (AvgIpc) is 2.35. The molecule has 2 nitrogen and oxygen atoms in total. The maximum Gasteiger partial charge on any atom is 0.0669 e. The molecule has 0 saturated heterocycles. The molecule has 2 heteroatoms. The van der Waals surface area contributed by atoms with Gasteiger partial charge in [-0.2, -0.15) is 5.26 Å². The number of nitrogens with zero attached hydrogens (tertiary/aromatic N) is 2. The number of hydrogen-bond donors (Lipinski definition) is 0. The number of nitriles is 1. The van der Waals surface area contributed by atoms with Gasteiger partial charge in [-0.05, 0) is 32.4 Å². The second-order valence-corrected chi connectivity index (χ2v) is 4.73. The zero-order valence-electron chi connectivity index (χ0n) is 11.1. The zero-order valence-corrected chi connectivity index (χ0v) is 11.1. The molecule has 1 aromatic carbocycles. The van der Waals surface area contributed by atoms with E-state index in [0.29, 0.717) is 0 Å². The molecule has 0 aromatic heterocycles. The SMILES string of the molecule is CCC(C#N)CN(C)CCc1ccc(C)cc1. The molecule has 0 saturated carbocycles. The third-order valence-corrected chi connectivity index (χ3v) is 3.11. The molecule has 1 atom stereocenters. The molecule has 1 unspecified atom stereocenters. The molecule has 0 spiro atoms. The largest absolute Gasteiger partial charge is 0.305 e. The Kier molecular flexibility index (Phi) is 5.72. The van der Waals surface area contributed by atoms with Crippen LogP contribution in [0.5, 0.6) is 0 Å². The van der Waals surface area contributed by atoms with Gasteiger partial charge in [-0.15, -0.1) is 0 Å². The number of rotatable bonds is 6. The van der Waals surface area contributed by atoms with Gasteiger partial charge in [0.05, 0.1) is 12.0 Å². The van der Waals surface area contributed by atoms with Crippen LogP contribution < -0.4 is 0 Å². The van der Waals surface area contributed by atoms with Crippen molar-refractivity contribution in [1.82, 2.24) is 4.90 Å². The van der Waals surface area contributed by atoms with Crippen LogP contribution in [0.15, 0.2) is 24.3 Å². The van der Waals surface area contributed by atoms with E-state index in [9.17, 15) is 0 Å². The lowest BCUT2D eigenvalue weighted by molar-refractivity contribution is 0.303. The lowest BCUT2D eigenvalue weighted by Crippen LogP contribution is -2.27.